The number of nitrogens with two attached hydrogens (primary N) is 1. The molecule has 1 aliphatic rings. The molecule has 9 aromatic rings. The van der Waals surface area contributed by atoms with Crippen molar-refractivity contribution in [3.8, 4) is 41.3 Å². The molecule has 4 heterocycles. The first-order chi connectivity index (χ1) is 42.5. The van der Waals surface area contributed by atoms with Crippen LogP contribution in [0.25, 0.3) is 0 Å². The van der Waals surface area contributed by atoms with Gasteiger partial charge in [0.25, 0.3) is 22.1 Å². The summed E-state index contributed by atoms with van der Waals surface area (Å²) < 4.78 is 49.3. The molecule has 0 aliphatic carbocycles. The first-order valence-electron chi connectivity index (χ1n) is 29.0. The van der Waals surface area contributed by atoms with Crippen LogP contribution in [0.3, 0.4) is 0 Å². The Labute approximate surface area is 515 Å². The molecule has 0 saturated carbocycles. The van der Waals surface area contributed by atoms with Crippen molar-refractivity contribution >= 4 is 54.3 Å². The summed E-state index contributed by atoms with van der Waals surface area (Å²) in [4.78, 5) is 57.1. The van der Waals surface area contributed by atoms with Crippen molar-refractivity contribution in [1.29, 1.82) is 0 Å². The fourth-order valence-corrected chi connectivity index (χ4v) is 14.1. The van der Waals surface area contributed by atoms with Crippen LogP contribution in [0.2, 0.25) is 0 Å². The normalized spacial score (nSPS) is 15.2. The smallest absolute Gasteiger partial charge is 0.276 e. The van der Waals surface area contributed by atoms with Crippen molar-refractivity contribution in [3.05, 3.63) is 262 Å². The van der Waals surface area contributed by atoms with E-state index in [0.29, 0.717) is 91.9 Å². The van der Waals surface area contributed by atoms with Crippen LogP contribution in [-0.2, 0) is 33.3 Å². The number of aromatic nitrogens is 3. The molecule has 1 aliphatic heterocycles. The van der Waals surface area contributed by atoms with Crippen LogP contribution in [0.15, 0.2) is 200 Å². The Morgan fingerprint density at radius 3 is 0.989 bits per heavy atom. The van der Waals surface area contributed by atoms with E-state index in [1.54, 1.807) is 109 Å². The highest BCUT2D eigenvalue weighted by Crippen LogP contribution is 2.40. The number of ether oxygens (including phenoxy) is 1. The summed E-state index contributed by atoms with van der Waals surface area (Å²) in [5.41, 5.74) is 13.4. The van der Waals surface area contributed by atoms with Gasteiger partial charge in [0, 0.05) is 108 Å². The van der Waals surface area contributed by atoms with Gasteiger partial charge in [-0.05, 0) is 148 Å². The molecule has 1 saturated heterocycles. The molecule has 0 amide bonds. The molecule has 3 aromatic heterocycles. The molecule has 3 unspecified atom stereocenters. The van der Waals surface area contributed by atoms with E-state index in [-0.39, 0.29) is 51.9 Å². The number of rotatable bonds is 16. The second-order valence-electron chi connectivity index (χ2n) is 21.7. The Bertz CT molecular complexity index is 4050. The molecular formula is C71H68N7O7P3. The third-order valence-corrected chi connectivity index (χ3v) is 20.4. The van der Waals surface area contributed by atoms with Gasteiger partial charge in [0.15, 0.2) is 0 Å². The van der Waals surface area contributed by atoms with Crippen molar-refractivity contribution in [2.75, 3.05) is 52.4 Å². The van der Waals surface area contributed by atoms with Crippen molar-refractivity contribution in [2.45, 2.75) is 39.9 Å². The maximum absolute atomic E-state index is 14.5. The number of aryl methyl sites for hydroxylation is 2. The van der Waals surface area contributed by atoms with E-state index in [0.717, 1.165) is 34.2 Å². The highest BCUT2D eigenvalue weighted by Gasteiger charge is 2.31. The SMILES string of the molecule is Cc1ccc(C#Cc2cc(CN3CCN(Cc4cc(C#Cc5ccc(C)cc5)cc(P(=O)(O)c5ccccc5)n4)CCN(Cc4cc(C#Cc5ccc(OCCCN)cc5)cc(P(=O)(O)c5ccccc5)n4)CC3)nc(P(=O)(O)c3ccccc3)c2)cc1. The van der Waals surface area contributed by atoms with Crippen LogP contribution < -0.4 is 42.7 Å². The van der Waals surface area contributed by atoms with E-state index in [4.69, 9.17) is 25.4 Å². The van der Waals surface area contributed by atoms with Gasteiger partial charge < -0.3 is 25.2 Å². The average molecular weight is 1220 g/mol. The van der Waals surface area contributed by atoms with E-state index in [1.807, 2.05) is 105 Å². The van der Waals surface area contributed by atoms with Gasteiger partial charge in [-0.1, -0.05) is 126 Å². The third kappa shape index (κ3) is 16.8. The van der Waals surface area contributed by atoms with Crippen LogP contribution in [0, 0.1) is 49.4 Å². The van der Waals surface area contributed by atoms with Crippen LogP contribution in [-0.4, -0.2) is 96.8 Å². The standard InChI is InChI=1S/C71H68N7O7P3/c1-54-19-23-56(24-20-54)27-30-59-45-62(73-69(48-59)86(79,80)66-13-6-3-7-14-66)51-76-38-39-77(52-63-46-60(31-28-57-25-21-55(2)22-26-57)49-70(74-63)87(81,82)67-15-8-4-9-16-67)41-43-78(42-40-76)53-64-47-61(32-29-58-33-35-65(36-34-58)85-44-12-37-72)50-71(75-64)88(83,84)68-17-10-5-11-18-68/h3-11,13-26,33-36,45-50H,12,37-44,51-53,72H2,1-2H3,(H,79,80)(H,81,82)(H,83,84). The molecular weight excluding hydrogens is 1160 g/mol. The van der Waals surface area contributed by atoms with Crippen molar-refractivity contribution in [1.82, 2.24) is 29.7 Å². The fourth-order valence-electron chi connectivity index (χ4n) is 9.89. The average Bonchev–Trinajstić information content (AvgIpc) is 1.45. The molecule has 0 spiro atoms. The first-order valence-corrected chi connectivity index (χ1v) is 34.0. The van der Waals surface area contributed by atoms with Gasteiger partial charge >= 0.3 is 0 Å². The van der Waals surface area contributed by atoms with Gasteiger partial charge in [0.2, 0.25) is 0 Å². The summed E-state index contributed by atoms with van der Waals surface area (Å²) in [6.07, 6.45) is 0.731. The Balaban J connectivity index is 1.02. The Morgan fingerprint density at radius 2 is 0.693 bits per heavy atom. The highest BCUT2D eigenvalue weighted by molar-refractivity contribution is 7.74. The summed E-state index contributed by atoms with van der Waals surface area (Å²) in [5, 5.41) is 0.742. The Kier molecular flexibility index (Phi) is 20.7. The van der Waals surface area contributed by atoms with Gasteiger partial charge in [-0.15, -0.1) is 0 Å². The lowest BCUT2D eigenvalue weighted by atomic mass is 10.1. The number of pyridine rings is 3. The van der Waals surface area contributed by atoms with Crippen LogP contribution >= 0.6 is 22.1 Å². The predicted molar refractivity (Wildman–Crippen MR) is 351 cm³/mol. The van der Waals surface area contributed by atoms with Gasteiger partial charge in [0.1, 0.15) is 22.1 Å². The topological polar surface area (TPSA) is 196 Å². The van der Waals surface area contributed by atoms with Gasteiger partial charge in [0.05, 0.1) is 23.7 Å². The molecule has 0 bridgehead atoms. The van der Waals surface area contributed by atoms with Crippen LogP contribution in [0.1, 0.15) is 68.0 Å². The third-order valence-electron chi connectivity index (χ3n) is 14.8. The number of hydrogen-bond acceptors (Lipinski definition) is 11. The van der Waals surface area contributed by atoms with Crippen molar-refractivity contribution in [3.63, 3.8) is 0 Å². The van der Waals surface area contributed by atoms with E-state index >= 15 is 0 Å². The number of hydrogen-bond donors (Lipinski definition) is 4. The molecule has 14 nitrogen and oxygen atoms in total. The number of nitrogens with zero attached hydrogens (tertiary/aromatic N) is 6. The predicted octanol–water partition coefficient (Wildman–Crippen LogP) is 7.90. The molecule has 0 radical (unpaired) electrons. The van der Waals surface area contributed by atoms with E-state index in [9.17, 15) is 28.4 Å². The van der Waals surface area contributed by atoms with Gasteiger partial charge in [-0.3, -0.25) is 28.4 Å². The second-order valence-corrected chi connectivity index (χ2v) is 28.1. The maximum Gasteiger partial charge on any atom is 0.276 e. The zero-order chi connectivity index (χ0) is 61.5. The lowest BCUT2D eigenvalue weighted by molar-refractivity contribution is 0.207. The monoisotopic (exact) mass is 1220 g/mol. The fraction of sp³-hybridized carbons (Fsp3) is 0.197. The minimum absolute atomic E-state index is 0.00416. The second kappa shape index (κ2) is 29.1. The largest absolute Gasteiger partial charge is 0.494 e. The lowest BCUT2D eigenvalue weighted by Gasteiger charge is -2.26. The van der Waals surface area contributed by atoms with E-state index in [1.165, 1.54) is 0 Å². The summed E-state index contributed by atoms with van der Waals surface area (Å²) >= 11 is 0. The summed E-state index contributed by atoms with van der Waals surface area (Å²) in [6.45, 7) is 8.94. The molecule has 10 rings (SSSR count). The van der Waals surface area contributed by atoms with Gasteiger partial charge in [-0.2, -0.15) is 0 Å². The molecule has 88 heavy (non-hydrogen) atoms. The van der Waals surface area contributed by atoms with Crippen LogP contribution in [0.4, 0.5) is 0 Å². The molecule has 6 aromatic carbocycles. The molecule has 444 valence electrons. The quantitative estimate of drug-likeness (QED) is 0.0414. The van der Waals surface area contributed by atoms with Crippen molar-refractivity contribution in [2.24, 2.45) is 5.73 Å². The minimum Gasteiger partial charge on any atom is -0.494 e. The van der Waals surface area contributed by atoms with Crippen LogP contribution in [0.5, 0.6) is 5.75 Å². The summed E-state index contributed by atoms with van der Waals surface area (Å²) in [6, 6.07) is 59.1. The molecule has 1 fully saturated rings. The Hall–Kier alpha value is -8.34. The summed E-state index contributed by atoms with van der Waals surface area (Å²) in [7, 11) is -12.6. The molecule has 17 heteroatoms. The summed E-state index contributed by atoms with van der Waals surface area (Å²) in [5.74, 6) is 20.2. The zero-order valence-electron chi connectivity index (χ0n) is 49.1. The van der Waals surface area contributed by atoms with Crippen molar-refractivity contribution < 1.29 is 33.1 Å². The maximum atomic E-state index is 14.5. The number of benzene rings is 6. The minimum atomic E-state index is -4.22. The van der Waals surface area contributed by atoms with E-state index < -0.39 is 22.1 Å². The highest BCUT2D eigenvalue weighted by atomic mass is 31.2. The van der Waals surface area contributed by atoms with E-state index in [2.05, 4.69) is 50.2 Å². The van der Waals surface area contributed by atoms with Gasteiger partial charge in [-0.25, -0.2) is 15.0 Å². The molecule has 5 N–H and O–H groups in total. The zero-order valence-corrected chi connectivity index (χ0v) is 51.8. The Morgan fingerprint density at radius 1 is 0.409 bits per heavy atom. The first kappa shape index (κ1) is 62.7. The molecule has 3 atom stereocenters. The lowest BCUT2D eigenvalue weighted by Crippen LogP contribution is -2.36.